The van der Waals surface area contributed by atoms with Crippen molar-refractivity contribution in [3.63, 3.8) is 0 Å². The van der Waals surface area contributed by atoms with Gasteiger partial charge in [-0.05, 0) is 43.3 Å². The number of nitrogens with zero attached hydrogens (tertiary/aromatic N) is 2. The lowest BCUT2D eigenvalue weighted by molar-refractivity contribution is -0.146. The smallest absolute Gasteiger partial charge is 0.264 e. The molecule has 1 spiro atoms. The van der Waals surface area contributed by atoms with Gasteiger partial charge in [0.25, 0.3) is 5.91 Å². The summed E-state index contributed by atoms with van der Waals surface area (Å²) in [5.74, 6) is -0.468. The van der Waals surface area contributed by atoms with Crippen LogP contribution in [0.15, 0.2) is 48.5 Å². The molecule has 2 aromatic carbocycles. The molecule has 192 valence electrons. The first-order valence-corrected chi connectivity index (χ1v) is 15.7. The van der Waals surface area contributed by atoms with Crippen LogP contribution in [-0.2, 0) is 26.5 Å². The number of ether oxygens (including phenoxy) is 1. The molecule has 3 heterocycles. The lowest BCUT2D eigenvalue weighted by atomic mass is 9.82. The quantitative estimate of drug-likeness (QED) is 0.517. The number of nitrogens with one attached hydrogen (secondary N) is 1. The number of carbonyl (C=O) groups excluding carboxylic acids is 2. The van der Waals surface area contributed by atoms with Crippen molar-refractivity contribution >= 4 is 31.5 Å². The number of fused-ring (bicyclic) bond motifs is 2. The van der Waals surface area contributed by atoms with E-state index < -0.39 is 20.0 Å². The molecule has 0 radical (unpaired) electrons. The third-order valence-corrected chi connectivity index (χ3v) is 10.5. The molecule has 2 aromatic rings. The molecule has 3 aliphatic rings. The molecule has 0 unspecified atom stereocenters. The highest BCUT2D eigenvalue weighted by Gasteiger charge is 2.66. The number of amides is 2. The summed E-state index contributed by atoms with van der Waals surface area (Å²) < 4.78 is 6.69. The number of carbonyl (C=O) groups is 2. The zero-order valence-corrected chi connectivity index (χ0v) is 22.1. The van der Waals surface area contributed by atoms with E-state index in [1.807, 2.05) is 68.5 Å². The number of anilines is 2. The number of benzene rings is 2. The summed E-state index contributed by atoms with van der Waals surface area (Å²) in [6.45, 7) is 7.57. The van der Waals surface area contributed by atoms with Crippen LogP contribution < -0.4 is 15.1 Å². The van der Waals surface area contributed by atoms with E-state index in [1.165, 1.54) is 0 Å². The Morgan fingerprint density at radius 1 is 1.17 bits per heavy atom. The molecule has 3 aliphatic heterocycles. The van der Waals surface area contributed by atoms with Crippen molar-refractivity contribution in [2.45, 2.75) is 50.2 Å². The summed E-state index contributed by atoms with van der Waals surface area (Å²) >= 11 is 0. The second kappa shape index (κ2) is 9.39. The maximum atomic E-state index is 14.4. The number of aliphatic hydroxyl groups is 1. The maximum absolute atomic E-state index is 14.4. The Labute approximate surface area is 213 Å². The Bertz CT molecular complexity index is 1150. The highest BCUT2D eigenvalue weighted by Crippen LogP contribution is 2.60. The molecule has 2 saturated heterocycles. The van der Waals surface area contributed by atoms with Crippen LogP contribution in [0.25, 0.3) is 0 Å². The van der Waals surface area contributed by atoms with Gasteiger partial charge in [0.15, 0.2) is 13.9 Å². The summed E-state index contributed by atoms with van der Waals surface area (Å²) in [5, 5.41) is 12.9. The van der Waals surface area contributed by atoms with Crippen molar-refractivity contribution in [2.75, 3.05) is 36.0 Å². The van der Waals surface area contributed by atoms with E-state index in [-0.39, 0.29) is 36.4 Å². The van der Waals surface area contributed by atoms with Crippen LogP contribution in [0.3, 0.4) is 0 Å². The number of aliphatic hydroxyl groups excluding tert-OH is 1. The topological polar surface area (TPSA) is 102 Å². The molecule has 9 heteroatoms. The first kappa shape index (κ1) is 25.1. The second-order valence-corrected chi connectivity index (χ2v) is 14.6. The fraction of sp³-hybridized carbons (Fsp3) is 0.481. The lowest BCUT2D eigenvalue weighted by Gasteiger charge is -2.33. The number of rotatable bonds is 6. The van der Waals surface area contributed by atoms with Crippen LogP contribution in [0, 0.1) is 5.92 Å². The molecule has 36 heavy (non-hydrogen) atoms. The maximum Gasteiger partial charge on any atom is 0.264 e. The van der Waals surface area contributed by atoms with Gasteiger partial charge in [-0.15, -0.1) is 0 Å². The lowest BCUT2D eigenvalue weighted by Crippen LogP contribution is -2.48. The minimum absolute atomic E-state index is 0.0129. The molecule has 5 rings (SSSR count). The average Bonchev–Trinajstić information content (AvgIpc) is 3.27. The second-order valence-electron chi connectivity index (χ2n) is 10.7. The summed E-state index contributed by atoms with van der Waals surface area (Å²) in [4.78, 5) is 41.8. The monoisotopic (exact) mass is 509 g/mol. The van der Waals surface area contributed by atoms with E-state index in [1.54, 1.807) is 9.80 Å². The van der Waals surface area contributed by atoms with Crippen molar-refractivity contribution in [3.8, 4) is 0 Å². The van der Waals surface area contributed by atoms with Crippen molar-refractivity contribution in [1.82, 2.24) is 5.32 Å². The van der Waals surface area contributed by atoms with Gasteiger partial charge in [0, 0.05) is 42.4 Å². The van der Waals surface area contributed by atoms with Crippen LogP contribution in [0.2, 0.25) is 18.6 Å². The SMILES string of the molecule is C[C@H]1[C@H]([Si](C)(C)O)[C@@H](CCO)O[C@]12C(=O)N(Cc1ccccc1)c1ccc(N3CCNCC3=O)cc12. The molecule has 0 saturated carbocycles. The fourth-order valence-corrected chi connectivity index (χ4v) is 9.04. The van der Waals surface area contributed by atoms with Gasteiger partial charge < -0.3 is 29.8 Å². The van der Waals surface area contributed by atoms with Crippen molar-refractivity contribution in [2.24, 2.45) is 5.92 Å². The molecule has 8 nitrogen and oxygen atoms in total. The molecule has 0 aromatic heterocycles. The Hall–Kier alpha value is -2.56. The van der Waals surface area contributed by atoms with E-state index >= 15 is 0 Å². The van der Waals surface area contributed by atoms with E-state index in [9.17, 15) is 19.5 Å². The van der Waals surface area contributed by atoms with Crippen LogP contribution in [-0.4, -0.2) is 62.4 Å². The molecule has 3 N–H and O–H groups in total. The highest BCUT2D eigenvalue weighted by molar-refractivity contribution is 6.71. The molecule has 2 amide bonds. The van der Waals surface area contributed by atoms with Gasteiger partial charge in [-0.25, -0.2) is 0 Å². The molecular weight excluding hydrogens is 474 g/mol. The number of hydrogen-bond donors (Lipinski definition) is 3. The molecule has 2 fully saturated rings. The third-order valence-electron chi connectivity index (χ3n) is 7.97. The number of piperazine rings is 1. The van der Waals surface area contributed by atoms with Crippen molar-refractivity contribution in [1.29, 1.82) is 0 Å². The Morgan fingerprint density at radius 3 is 2.58 bits per heavy atom. The van der Waals surface area contributed by atoms with E-state index in [2.05, 4.69) is 5.32 Å². The average molecular weight is 510 g/mol. The summed E-state index contributed by atoms with van der Waals surface area (Å²) in [5.41, 5.74) is 1.73. The van der Waals surface area contributed by atoms with Gasteiger partial charge in [0.1, 0.15) is 0 Å². The van der Waals surface area contributed by atoms with Crippen LogP contribution >= 0.6 is 0 Å². The summed E-state index contributed by atoms with van der Waals surface area (Å²) in [7, 11) is -2.76. The summed E-state index contributed by atoms with van der Waals surface area (Å²) in [6.07, 6.45) is -0.0833. The zero-order chi connectivity index (χ0) is 25.7. The van der Waals surface area contributed by atoms with Gasteiger partial charge >= 0.3 is 0 Å². The molecule has 0 aliphatic carbocycles. The number of hydrogen-bond acceptors (Lipinski definition) is 6. The van der Waals surface area contributed by atoms with Crippen LogP contribution in [0.1, 0.15) is 24.5 Å². The standard InChI is InChI=1S/C27H35N3O5Si/c1-18-25(36(2,3)34)23(11-14-31)35-27(18)21-15-20(29-13-12-28-16-24(29)32)9-10-22(21)30(26(27)33)17-19-7-5-4-6-8-19/h4-10,15,18,23,25,28,31,34H,11-14,16-17H2,1-3H3/t18-,23+,25-,27+/m0/s1. The molecular formula is C27H35N3O5Si. The van der Waals surface area contributed by atoms with Gasteiger partial charge in [-0.3, -0.25) is 9.59 Å². The van der Waals surface area contributed by atoms with E-state index in [0.717, 1.165) is 22.5 Å². The van der Waals surface area contributed by atoms with Crippen LogP contribution in [0.4, 0.5) is 11.4 Å². The van der Waals surface area contributed by atoms with Crippen LogP contribution in [0.5, 0.6) is 0 Å². The zero-order valence-electron chi connectivity index (χ0n) is 21.1. The fourth-order valence-electron chi connectivity index (χ4n) is 6.43. The van der Waals surface area contributed by atoms with Gasteiger partial charge in [-0.2, -0.15) is 0 Å². The predicted octanol–water partition coefficient (Wildman–Crippen LogP) is 2.35. The molecule has 4 atom stereocenters. The predicted molar refractivity (Wildman–Crippen MR) is 140 cm³/mol. The largest absolute Gasteiger partial charge is 0.432 e. The third kappa shape index (κ3) is 3.99. The first-order chi connectivity index (χ1) is 17.2. The first-order valence-electron chi connectivity index (χ1n) is 12.7. The minimum atomic E-state index is -2.76. The van der Waals surface area contributed by atoms with Gasteiger partial charge in [-0.1, -0.05) is 37.3 Å². The minimum Gasteiger partial charge on any atom is -0.432 e. The Kier molecular flexibility index (Phi) is 6.55. The van der Waals surface area contributed by atoms with E-state index in [0.29, 0.717) is 26.1 Å². The van der Waals surface area contributed by atoms with Gasteiger partial charge in [0.05, 0.1) is 24.9 Å². The van der Waals surface area contributed by atoms with Crippen molar-refractivity contribution < 1.29 is 24.2 Å². The Morgan fingerprint density at radius 2 is 1.92 bits per heavy atom. The Balaban J connectivity index is 1.64. The highest BCUT2D eigenvalue weighted by atomic mass is 28.4. The normalized spacial score (nSPS) is 28.3. The van der Waals surface area contributed by atoms with E-state index in [4.69, 9.17) is 4.74 Å². The van der Waals surface area contributed by atoms with Crippen molar-refractivity contribution in [3.05, 3.63) is 59.7 Å². The summed E-state index contributed by atoms with van der Waals surface area (Å²) in [6, 6.07) is 15.6. The molecule has 0 bridgehead atoms. The van der Waals surface area contributed by atoms with Gasteiger partial charge in [0.2, 0.25) is 5.91 Å².